The molecule has 0 aliphatic carbocycles. The molecule has 0 aliphatic heterocycles. The molecular formula is C12H12Cl2N2O3S. The molecule has 0 bridgehead atoms. The Kier molecular flexibility index (Phi) is 4.39. The summed E-state index contributed by atoms with van der Waals surface area (Å²) in [7, 11) is -2.20. The van der Waals surface area contributed by atoms with Gasteiger partial charge in [-0.15, -0.1) is 0 Å². The van der Waals surface area contributed by atoms with Gasteiger partial charge in [-0.3, -0.25) is 0 Å². The summed E-state index contributed by atoms with van der Waals surface area (Å²) < 4.78 is 30.8. The Morgan fingerprint density at radius 3 is 2.50 bits per heavy atom. The van der Waals surface area contributed by atoms with Crippen LogP contribution >= 0.6 is 23.2 Å². The van der Waals surface area contributed by atoms with Gasteiger partial charge < -0.3 is 4.52 Å². The molecule has 8 heteroatoms. The molecular weight excluding hydrogens is 323 g/mol. The summed E-state index contributed by atoms with van der Waals surface area (Å²) in [5.41, 5.74) is 0.536. The summed E-state index contributed by atoms with van der Waals surface area (Å²) in [5, 5.41) is 4.27. The van der Waals surface area contributed by atoms with Crippen molar-refractivity contribution in [3.63, 3.8) is 0 Å². The van der Waals surface area contributed by atoms with E-state index in [0.717, 1.165) is 0 Å². The van der Waals surface area contributed by atoms with Crippen molar-refractivity contribution < 1.29 is 12.9 Å². The number of aryl methyl sites for hydroxylation is 1. The van der Waals surface area contributed by atoms with Crippen molar-refractivity contribution in [3.05, 3.63) is 45.8 Å². The number of hydrogen-bond donors (Lipinski definition) is 0. The lowest BCUT2D eigenvalue weighted by molar-refractivity contribution is 0.378. The Morgan fingerprint density at radius 1 is 1.25 bits per heavy atom. The van der Waals surface area contributed by atoms with E-state index >= 15 is 0 Å². The molecule has 1 aromatic carbocycles. The van der Waals surface area contributed by atoms with E-state index in [4.69, 9.17) is 27.7 Å². The van der Waals surface area contributed by atoms with E-state index in [9.17, 15) is 8.42 Å². The average Bonchev–Trinajstić information content (AvgIpc) is 2.78. The summed E-state index contributed by atoms with van der Waals surface area (Å²) in [4.78, 5) is 0.0783. The third-order valence-electron chi connectivity index (χ3n) is 2.66. The van der Waals surface area contributed by atoms with Gasteiger partial charge in [-0.25, -0.2) is 8.42 Å². The summed E-state index contributed by atoms with van der Waals surface area (Å²) in [5.74, 6) is 0.625. The Bertz CT molecular complexity index is 728. The van der Waals surface area contributed by atoms with Crippen LogP contribution in [0.3, 0.4) is 0 Å². The second kappa shape index (κ2) is 5.73. The summed E-state index contributed by atoms with van der Waals surface area (Å²) >= 11 is 11.6. The first-order chi connectivity index (χ1) is 9.30. The molecule has 20 heavy (non-hydrogen) atoms. The largest absolute Gasteiger partial charge is 0.361 e. The Balaban J connectivity index is 2.27. The van der Waals surface area contributed by atoms with Crippen molar-refractivity contribution in [3.8, 4) is 0 Å². The molecule has 0 unspecified atom stereocenters. The van der Waals surface area contributed by atoms with Gasteiger partial charge in [-0.05, 0) is 25.1 Å². The van der Waals surface area contributed by atoms with Crippen LogP contribution in [0.25, 0.3) is 0 Å². The van der Waals surface area contributed by atoms with Crippen molar-refractivity contribution in [2.75, 3.05) is 7.05 Å². The second-order valence-corrected chi connectivity index (χ2v) is 7.13. The molecule has 108 valence electrons. The number of halogens is 2. The van der Waals surface area contributed by atoms with Crippen LogP contribution in [0.4, 0.5) is 0 Å². The van der Waals surface area contributed by atoms with E-state index in [-0.39, 0.29) is 16.5 Å². The molecule has 0 radical (unpaired) electrons. The van der Waals surface area contributed by atoms with Crippen molar-refractivity contribution >= 4 is 33.2 Å². The fourth-order valence-corrected chi connectivity index (χ4v) is 3.15. The van der Waals surface area contributed by atoms with E-state index in [0.29, 0.717) is 16.5 Å². The molecule has 0 atom stereocenters. The minimum Gasteiger partial charge on any atom is -0.361 e. The third-order valence-corrected chi connectivity index (χ3v) is 5.20. The van der Waals surface area contributed by atoms with Gasteiger partial charge in [0, 0.05) is 13.1 Å². The molecule has 0 spiro atoms. The van der Waals surface area contributed by atoms with Gasteiger partial charge in [0.05, 0.1) is 27.2 Å². The van der Waals surface area contributed by atoms with Gasteiger partial charge in [-0.1, -0.05) is 28.4 Å². The smallest absolute Gasteiger partial charge is 0.243 e. The quantitative estimate of drug-likeness (QED) is 0.861. The predicted molar refractivity (Wildman–Crippen MR) is 76.4 cm³/mol. The van der Waals surface area contributed by atoms with Crippen molar-refractivity contribution in [1.29, 1.82) is 0 Å². The first kappa shape index (κ1) is 15.3. The number of nitrogens with zero attached hydrogens (tertiary/aromatic N) is 2. The number of hydrogen-bond acceptors (Lipinski definition) is 4. The Morgan fingerprint density at radius 2 is 1.95 bits per heavy atom. The Labute approximate surface area is 127 Å². The van der Waals surface area contributed by atoms with Crippen LogP contribution in [0.15, 0.2) is 33.7 Å². The topological polar surface area (TPSA) is 63.4 Å². The highest BCUT2D eigenvalue weighted by Crippen LogP contribution is 2.26. The van der Waals surface area contributed by atoms with Crippen LogP contribution in [0.2, 0.25) is 10.0 Å². The van der Waals surface area contributed by atoms with Crippen LogP contribution < -0.4 is 0 Å². The van der Waals surface area contributed by atoms with Gasteiger partial charge in [0.2, 0.25) is 10.0 Å². The van der Waals surface area contributed by atoms with E-state index in [1.54, 1.807) is 13.0 Å². The highest BCUT2D eigenvalue weighted by atomic mass is 35.5. The van der Waals surface area contributed by atoms with Crippen molar-refractivity contribution in [1.82, 2.24) is 9.46 Å². The van der Waals surface area contributed by atoms with Gasteiger partial charge >= 0.3 is 0 Å². The van der Waals surface area contributed by atoms with Crippen LogP contribution in [-0.4, -0.2) is 24.9 Å². The Hall–Kier alpha value is -1.08. The zero-order valence-corrected chi connectivity index (χ0v) is 13.1. The van der Waals surface area contributed by atoms with Crippen molar-refractivity contribution in [2.45, 2.75) is 18.4 Å². The fourth-order valence-electron chi connectivity index (χ4n) is 1.62. The lowest BCUT2D eigenvalue weighted by Gasteiger charge is -2.16. The average molecular weight is 335 g/mol. The van der Waals surface area contributed by atoms with Crippen LogP contribution in [0, 0.1) is 6.92 Å². The lowest BCUT2D eigenvalue weighted by atomic mass is 10.4. The minimum absolute atomic E-state index is 0.0783. The van der Waals surface area contributed by atoms with Crippen LogP contribution in [-0.2, 0) is 16.6 Å². The lowest BCUT2D eigenvalue weighted by Crippen LogP contribution is -2.26. The minimum atomic E-state index is -3.66. The first-order valence-electron chi connectivity index (χ1n) is 5.64. The summed E-state index contributed by atoms with van der Waals surface area (Å²) in [6.07, 6.45) is 0. The maximum Gasteiger partial charge on any atom is 0.243 e. The summed E-state index contributed by atoms with van der Waals surface area (Å²) in [6.45, 7) is 1.85. The molecule has 1 heterocycles. The standard InChI is InChI=1S/C12H12Cl2N2O3S/c1-8-5-9(15-19-8)7-16(2)20(17,18)10-3-4-11(13)12(14)6-10/h3-6H,7H2,1-2H3. The van der Waals surface area contributed by atoms with Gasteiger partial charge in [0.15, 0.2) is 0 Å². The second-order valence-electron chi connectivity index (χ2n) is 4.27. The van der Waals surface area contributed by atoms with E-state index in [2.05, 4.69) is 5.16 Å². The maximum absolute atomic E-state index is 12.4. The fraction of sp³-hybridized carbons (Fsp3) is 0.250. The van der Waals surface area contributed by atoms with Crippen LogP contribution in [0.5, 0.6) is 0 Å². The zero-order chi connectivity index (χ0) is 14.9. The highest BCUT2D eigenvalue weighted by Gasteiger charge is 2.22. The third kappa shape index (κ3) is 3.15. The maximum atomic E-state index is 12.4. The molecule has 0 saturated heterocycles. The van der Waals surface area contributed by atoms with E-state index < -0.39 is 10.0 Å². The van der Waals surface area contributed by atoms with Crippen LogP contribution in [0.1, 0.15) is 11.5 Å². The number of rotatable bonds is 4. The molecule has 0 saturated carbocycles. The molecule has 0 aliphatic rings. The van der Waals surface area contributed by atoms with E-state index in [1.165, 1.54) is 29.6 Å². The molecule has 0 fully saturated rings. The predicted octanol–water partition coefficient (Wildman–Crippen LogP) is 3.11. The van der Waals surface area contributed by atoms with E-state index in [1.807, 2.05) is 0 Å². The molecule has 2 aromatic rings. The molecule has 0 N–H and O–H groups in total. The van der Waals surface area contributed by atoms with Gasteiger partial charge in [-0.2, -0.15) is 4.31 Å². The molecule has 2 rings (SSSR count). The number of aromatic nitrogens is 1. The van der Waals surface area contributed by atoms with Crippen molar-refractivity contribution in [2.24, 2.45) is 0 Å². The molecule has 5 nitrogen and oxygen atoms in total. The monoisotopic (exact) mass is 334 g/mol. The highest BCUT2D eigenvalue weighted by molar-refractivity contribution is 7.89. The SMILES string of the molecule is Cc1cc(CN(C)S(=O)(=O)c2ccc(Cl)c(Cl)c2)no1. The molecule has 1 aromatic heterocycles. The normalized spacial score (nSPS) is 12.1. The molecule has 0 amide bonds. The summed E-state index contributed by atoms with van der Waals surface area (Å²) in [6, 6.07) is 5.86. The zero-order valence-electron chi connectivity index (χ0n) is 10.8. The van der Waals surface area contributed by atoms with Gasteiger partial charge in [0.1, 0.15) is 5.76 Å². The first-order valence-corrected chi connectivity index (χ1v) is 7.84. The van der Waals surface area contributed by atoms with Gasteiger partial charge in [0.25, 0.3) is 0 Å². The number of benzene rings is 1. The number of sulfonamides is 1.